The highest BCUT2D eigenvalue weighted by Crippen LogP contribution is 2.22. The third-order valence-corrected chi connectivity index (χ3v) is 5.58. The maximum absolute atomic E-state index is 11.5. The summed E-state index contributed by atoms with van der Waals surface area (Å²) in [5, 5.41) is 0. The first kappa shape index (κ1) is 13.3. The standard InChI is InChI=1S/C14H17N3O2S/c1-17(11-6-8-20(18,19)9-7-11)14-10-15-12-4-2-3-5-13(12)16-14/h2-5,10-11H,6-9H2,1H3. The largest absolute Gasteiger partial charge is 0.355 e. The molecule has 0 spiro atoms. The molecule has 2 heterocycles. The predicted octanol–water partition coefficient (Wildman–Crippen LogP) is 1.64. The van der Waals surface area contributed by atoms with Crippen molar-refractivity contribution in [1.82, 2.24) is 9.97 Å². The van der Waals surface area contributed by atoms with Gasteiger partial charge in [-0.1, -0.05) is 12.1 Å². The van der Waals surface area contributed by atoms with Gasteiger partial charge in [-0.3, -0.25) is 4.98 Å². The third-order valence-electron chi connectivity index (χ3n) is 3.87. The SMILES string of the molecule is CN(c1cnc2ccccc2n1)C1CCS(=O)(=O)CC1. The molecule has 1 saturated heterocycles. The van der Waals surface area contributed by atoms with E-state index in [0.29, 0.717) is 12.8 Å². The van der Waals surface area contributed by atoms with E-state index in [-0.39, 0.29) is 17.5 Å². The lowest BCUT2D eigenvalue weighted by Gasteiger charge is -2.31. The van der Waals surface area contributed by atoms with Gasteiger partial charge in [0.15, 0.2) is 0 Å². The molecule has 1 aromatic carbocycles. The number of rotatable bonds is 2. The van der Waals surface area contributed by atoms with E-state index in [1.54, 1.807) is 6.20 Å². The number of nitrogens with zero attached hydrogens (tertiary/aromatic N) is 3. The van der Waals surface area contributed by atoms with Crippen LogP contribution in [0.2, 0.25) is 0 Å². The molecule has 0 bridgehead atoms. The lowest BCUT2D eigenvalue weighted by Crippen LogP contribution is -2.39. The smallest absolute Gasteiger partial charge is 0.150 e. The Bertz CT molecular complexity index is 716. The normalized spacial score (nSPS) is 19.1. The van der Waals surface area contributed by atoms with Gasteiger partial charge < -0.3 is 4.90 Å². The van der Waals surface area contributed by atoms with Crippen LogP contribution in [0.3, 0.4) is 0 Å². The Balaban J connectivity index is 1.83. The van der Waals surface area contributed by atoms with E-state index in [2.05, 4.69) is 9.97 Å². The number of aromatic nitrogens is 2. The van der Waals surface area contributed by atoms with Crippen molar-refractivity contribution >= 4 is 26.7 Å². The van der Waals surface area contributed by atoms with Crippen molar-refractivity contribution < 1.29 is 8.42 Å². The second-order valence-corrected chi connectivity index (χ2v) is 7.51. The summed E-state index contributed by atoms with van der Waals surface area (Å²) in [5.41, 5.74) is 1.73. The average Bonchev–Trinajstić information content (AvgIpc) is 2.46. The molecule has 3 rings (SSSR count). The van der Waals surface area contributed by atoms with Crippen molar-refractivity contribution in [1.29, 1.82) is 0 Å². The molecule has 1 aliphatic rings. The molecule has 0 saturated carbocycles. The fraction of sp³-hybridized carbons (Fsp3) is 0.429. The van der Waals surface area contributed by atoms with E-state index in [1.807, 2.05) is 36.2 Å². The van der Waals surface area contributed by atoms with Crippen molar-refractivity contribution in [2.75, 3.05) is 23.5 Å². The Kier molecular flexibility index (Phi) is 3.33. The molecule has 1 fully saturated rings. The molecule has 1 aromatic heterocycles. The summed E-state index contributed by atoms with van der Waals surface area (Å²) in [6.45, 7) is 0. The van der Waals surface area contributed by atoms with Crippen molar-refractivity contribution in [2.24, 2.45) is 0 Å². The van der Waals surface area contributed by atoms with E-state index in [0.717, 1.165) is 16.9 Å². The number of hydrogen-bond acceptors (Lipinski definition) is 5. The van der Waals surface area contributed by atoms with Gasteiger partial charge in [0.1, 0.15) is 15.7 Å². The molecule has 2 aromatic rings. The van der Waals surface area contributed by atoms with Crippen LogP contribution in [0.1, 0.15) is 12.8 Å². The first-order valence-electron chi connectivity index (χ1n) is 6.70. The number of fused-ring (bicyclic) bond motifs is 1. The molecule has 0 N–H and O–H groups in total. The zero-order valence-electron chi connectivity index (χ0n) is 11.4. The summed E-state index contributed by atoms with van der Waals surface area (Å²) >= 11 is 0. The summed E-state index contributed by atoms with van der Waals surface area (Å²) in [4.78, 5) is 11.1. The van der Waals surface area contributed by atoms with Crippen LogP contribution in [0.15, 0.2) is 30.5 Å². The van der Waals surface area contributed by atoms with Gasteiger partial charge in [0, 0.05) is 13.1 Å². The van der Waals surface area contributed by atoms with E-state index in [1.165, 1.54) is 0 Å². The predicted molar refractivity (Wildman–Crippen MR) is 79.6 cm³/mol. The Labute approximate surface area is 118 Å². The molecule has 20 heavy (non-hydrogen) atoms. The monoisotopic (exact) mass is 291 g/mol. The molecule has 0 aliphatic carbocycles. The summed E-state index contributed by atoms with van der Waals surface area (Å²) in [6, 6.07) is 7.96. The van der Waals surface area contributed by atoms with Crippen LogP contribution in [-0.2, 0) is 9.84 Å². The molecule has 6 heteroatoms. The van der Waals surface area contributed by atoms with Crippen molar-refractivity contribution in [3.05, 3.63) is 30.5 Å². The quantitative estimate of drug-likeness (QED) is 0.841. The van der Waals surface area contributed by atoms with Crippen LogP contribution in [0.25, 0.3) is 11.0 Å². The fourth-order valence-electron chi connectivity index (χ4n) is 2.57. The minimum Gasteiger partial charge on any atom is -0.355 e. The van der Waals surface area contributed by atoms with Gasteiger partial charge in [-0.2, -0.15) is 0 Å². The first-order valence-corrected chi connectivity index (χ1v) is 8.52. The van der Waals surface area contributed by atoms with Crippen molar-refractivity contribution in [3.8, 4) is 0 Å². The molecule has 0 unspecified atom stereocenters. The van der Waals surface area contributed by atoms with Crippen molar-refractivity contribution in [3.63, 3.8) is 0 Å². The van der Waals surface area contributed by atoms with Crippen LogP contribution in [-0.4, -0.2) is 43.0 Å². The molecule has 0 radical (unpaired) electrons. The molecule has 1 aliphatic heterocycles. The van der Waals surface area contributed by atoms with Crippen molar-refractivity contribution in [2.45, 2.75) is 18.9 Å². The Morgan fingerprint density at radius 3 is 2.50 bits per heavy atom. The maximum atomic E-state index is 11.5. The molecule has 5 nitrogen and oxygen atoms in total. The molecule has 0 atom stereocenters. The molecular weight excluding hydrogens is 274 g/mol. The lowest BCUT2D eigenvalue weighted by molar-refractivity contribution is 0.531. The summed E-state index contributed by atoms with van der Waals surface area (Å²) < 4.78 is 23.0. The number of sulfone groups is 1. The van der Waals surface area contributed by atoms with E-state index >= 15 is 0 Å². The van der Waals surface area contributed by atoms with Gasteiger partial charge >= 0.3 is 0 Å². The number of para-hydroxylation sites is 2. The zero-order valence-corrected chi connectivity index (χ0v) is 12.2. The van der Waals surface area contributed by atoms with Gasteiger partial charge in [0.25, 0.3) is 0 Å². The van der Waals surface area contributed by atoms with Gasteiger partial charge in [-0.15, -0.1) is 0 Å². The van der Waals surface area contributed by atoms with Gasteiger partial charge in [0.05, 0.1) is 28.7 Å². The van der Waals surface area contributed by atoms with Crippen LogP contribution < -0.4 is 4.90 Å². The van der Waals surface area contributed by atoms with Crippen LogP contribution in [0, 0.1) is 0 Å². The maximum Gasteiger partial charge on any atom is 0.150 e. The van der Waals surface area contributed by atoms with Gasteiger partial charge in [-0.05, 0) is 25.0 Å². The van der Waals surface area contributed by atoms with Crippen LogP contribution in [0.5, 0.6) is 0 Å². The molecule has 0 amide bonds. The van der Waals surface area contributed by atoms with Gasteiger partial charge in [0.2, 0.25) is 0 Å². The third kappa shape index (κ3) is 2.60. The highest BCUT2D eigenvalue weighted by atomic mass is 32.2. The fourth-order valence-corrected chi connectivity index (χ4v) is 4.04. The van der Waals surface area contributed by atoms with Crippen LogP contribution >= 0.6 is 0 Å². The molecular formula is C14H17N3O2S. The minimum atomic E-state index is -2.83. The van der Waals surface area contributed by atoms with E-state index in [4.69, 9.17) is 0 Å². The number of benzene rings is 1. The van der Waals surface area contributed by atoms with E-state index in [9.17, 15) is 8.42 Å². The average molecular weight is 291 g/mol. The minimum absolute atomic E-state index is 0.217. The second-order valence-electron chi connectivity index (χ2n) is 5.21. The summed E-state index contributed by atoms with van der Waals surface area (Å²) in [6.07, 6.45) is 3.08. The Hall–Kier alpha value is -1.69. The highest BCUT2D eigenvalue weighted by Gasteiger charge is 2.27. The molecule has 106 valence electrons. The van der Waals surface area contributed by atoms with Gasteiger partial charge in [-0.25, -0.2) is 13.4 Å². The van der Waals surface area contributed by atoms with E-state index < -0.39 is 9.84 Å². The lowest BCUT2D eigenvalue weighted by atomic mass is 10.1. The van der Waals surface area contributed by atoms with Crippen LogP contribution in [0.4, 0.5) is 5.82 Å². The Morgan fingerprint density at radius 2 is 1.80 bits per heavy atom. The Morgan fingerprint density at radius 1 is 1.15 bits per heavy atom. The number of anilines is 1. The summed E-state index contributed by atoms with van der Waals surface area (Å²) in [7, 11) is -0.869. The second kappa shape index (κ2) is 5.01. The highest BCUT2D eigenvalue weighted by molar-refractivity contribution is 7.91. The summed E-state index contributed by atoms with van der Waals surface area (Å²) in [5.74, 6) is 1.33. The zero-order chi connectivity index (χ0) is 14.2. The number of hydrogen-bond donors (Lipinski definition) is 0. The first-order chi connectivity index (χ1) is 9.55. The topological polar surface area (TPSA) is 63.2 Å².